The van der Waals surface area contributed by atoms with Crippen molar-refractivity contribution in [3.8, 4) is 0 Å². The van der Waals surface area contributed by atoms with Crippen LogP contribution in [-0.4, -0.2) is 23.3 Å². The zero-order valence-corrected chi connectivity index (χ0v) is 7.58. The first-order chi connectivity index (χ1) is 5.52. The molecule has 0 amide bonds. The van der Waals surface area contributed by atoms with E-state index in [2.05, 4.69) is 9.97 Å². The third-order valence-corrected chi connectivity index (χ3v) is 0.941. The summed E-state index contributed by atoms with van der Waals surface area (Å²) in [6.07, 6.45) is 1.57. The quantitative estimate of drug-likeness (QED) is 0.590. The summed E-state index contributed by atoms with van der Waals surface area (Å²) in [5.74, 6) is 0. The lowest BCUT2D eigenvalue weighted by Crippen LogP contribution is -1.84. The van der Waals surface area contributed by atoms with Crippen LogP contribution in [0.25, 0.3) is 0 Å². The van der Waals surface area contributed by atoms with Crippen LogP contribution in [0.1, 0.15) is 11.4 Å². The SMILES string of the molecule is Cc1cc(C)ncn1.O=S(O)O. The number of aromatic nitrogens is 2. The van der Waals surface area contributed by atoms with Crippen molar-refractivity contribution in [3.63, 3.8) is 0 Å². The number of rotatable bonds is 0. The second-order valence-electron chi connectivity index (χ2n) is 2.03. The van der Waals surface area contributed by atoms with E-state index in [1.165, 1.54) is 0 Å². The molecule has 68 valence electrons. The Hall–Kier alpha value is -0.850. The Morgan fingerprint density at radius 1 is 1.25 bits per heavy atom. The fourth-order valence-corrected chi connectivity index (χ4v) is 0.588. The van der Waals surface area contributed by atoms with Gasteiger partial charge in [-0.25, -0.2) is 9.97 Å². The van der Waals surface area contributed by atoms with Gasteiger partial charge in [0.15, 0.2) is 0 Å². The molecule has 12 heavy (non-hydrogen) atoms. The molecule has 0 aromatic carbocycles. The summed E-state index contributed by atoms with van der Waals surface area (Å²) >= 11 is -2.61. The van der Waals surface area contributed by atoms with E-state index in [-0.39, 0.29) is 0 Å². The van der Waals surface area contributed by atoms with Gasteiger partial charge in [0.1, 0.15) is 6.33 Å². The van der Waals surface area contributed by atoms with E-state index >= 15 is 0 Å². The highest BCUT2D eigenvalue weighted by molar-refractivity contribution is 7.73. The fraction of sp³-hybridized carbons (Fsp3) is 0.333. The topological polar surface area (TPSA) is 83.3 Å². The van der Waals surface area contributed by atoms with Crippen LogP contribution in [0, 0.1) is 13.8 Å². The smallest absolute Gasteiger partial charge is 0.284 e. The van der Waals surface area contributed by atoms with Gasteiger partial charge in [0.25, 0.3) is 11.4 Å². The predicted octanol–water partition coefficient (Wildman–Crippen LogP) is 0.775. The molecule has 0 radical (unpaired) electrons. The van der Waals surface area contributed by atoms with Crippen LogP contribution in [0.2, 0.25) is 0 Å². The summed E-state index contributed by atoms with van der Waals surface area (Å²) in [6.45, 7) is 3.91. The Morgan fingerprint density at radius 2 is 1.58 bits per heavy atom. The Kier molecular flexibility index (Phi) is 5.35. The molecule has 0 fully saturated rings. The van der Waals surface area contributed by atoms with Crippen molar-refractivity contribution in [2.45, 2.75) is 13.8 Å². The van der Waals surface area contributed by atoms with E-state index in [4.69, 9.17) is 13.3 Å². The van der Waals surface area contributed by atoms with Crippen LogP contribution in [0.3, 0.4) is 0 Å². The maximum atomic E-state index is 8.67. The molecule has 1 rings (SSSR count). The molecular formula is C6H10N2O3S. The van der Waals surface area contributed by atoms with Crippen molar-refractivity contribution < 1.29 is 13.3 Å². The first-order valence-electron chi connectivity index (χ1n) is 3.07. The van der Waals surface area contributed by atoms with Crippen LogP contribution in [0.5, 0.6) is 0 Å². The van der Waals surface area contributed by atoms with Gasteiger partial charge in [-0.15, -0.1) is 0 Å². The third-order valence-electron chi connectivity index (χ3n) is 0.941. The van der Waals surface area contributed by atoms with Gasteiger partial charge in [-0.1, -0.05) is 0 Å². The molecule has 6 heteroatoms. The minimum absolute atomic E-state index is 1.03. The van der Waals surface area contributed by atoms with E-state index in [9.17, 15) is 0 Å². The number of hydrogen-bond donors (Lipinski definition) is 2. The van der Waals surface area contributed by atoms with E-state index in [0.29, 0.717) is 0 Å². The van der Waals surface area contributed by atoms with E-state index < -0.39 is 11.4 Å². The normalized spacial score (nSPS) is 9.08. The third kappa shape index (κ3) is 7.26. The Bertz CT molecular complexity index is 245. The zero-order chi connectivity index (χ0) is 9.56. The highest BCUT2D eigenvalue weighted by atomic mass is 32.2. The molecule has 0 atom stereocenters. The Balaban J connectivity index is 0.000000261. The van der Waals surface area contributed by atoms with E-state index in [0.717, 1.165) is 11.4 Å². The highest BCUT2D eigenvalue weighted by Gasteiger charge is 1.83. The Labute approximate surface area is 73.0 Å². The molecule has 0 aliphatic carbocycles. The lowest BCUT2D eigenvalue weighted by Gasteiger charge is -1.89. The highest BCUT2D eigenvalue weighted by Crippen LogP contribution is 1.91. The maximum Gasteiger partial charge on any atom is 0.299 e. The lowest BCUT2D eigenvalue weighted by molar-refractivity contribution is 0.454. The van der Waals surface area contributed by atoms with Crippen LogP contribution >= 0.6 is 0 Å². The first kappa shape index (κ1) is 11.2. The molecule has 0 bridgehead atoms. The largest absolute Gasteiger partial charge is 0.299 e. The molecule has 0 saturated heterocycles. The second kappa shape index (κ2) is 5.76. The van der Waals surface area contributed by atoms with Crippen molar-refractivity contribution in [1.82, 2.24) is 9.97 Å². The monoisotopic (exact) mass is 190 g/mol. The summed E-state index contributed by atoms with van der Waals surface area (Å²) in [7, 11) is 0. The summed E-state index contributed by atoms with van der Waals surface area (Å²) in [4.78, 5) is 7.86. The average Bonchev–Trinajstić information content (AvgIpc) is 1.84. The number of nitrogens with zero attached hydrogens (tertiary/aromatic N) is 2. The fourth-order valence-electron chi connectivity index (χ4n) is 0.588. The van der Waals surface area contributed by atoms with Gasteiger partial charge in [-0.05, 0) is 19.9 Å². The number of hydrogen-bond acceptors (Lipinski definition) is 3. The van der Waals surface area contributed by atoms with E-state index in [1.807, 2.05) is 19.9 Å². The molecule has 0 unspecified atom stereocenters. The van der Waals surface area contributed by atoms with Crippen LogP contribution in [-0.2, 0) is 11.4 Å². The van der Waals surface area contributed by atoms with Gasteiger partial charge < -0.3 is 0 Å². The summed E-state index contributed by atoms with van der Waals surface area (Å²) in [5, 5.41) is 0. The standard InChI is InChI=1S/C6H8N2.H2O3S/c1-5-3-6(2)8-4-7-5;1-4(2)3/h3-4H,1-2H3;(H2,1,2,3). The minimum Gasteiger partial charge on any atom is -0.284 e. The summed E-state index contributed by atoms with van der Waals surface area (Å²) in [5.41, 5.74) is 2.05. The first-order valence-corrected chi connectivity index (χ1v) is 4.14. The molecule has 1 aromatic heterocycles. The second-order valence-corrected chi connectivity index (χ2v) is 2.49. The predicted molar refractivity (Wildman–Crippen MR) is 44.9 cm³/mol. The van der Waals surface area contributed by atoms with Gasteiger partial charge in [0.2, 0.25) is 0 Å². The molecule has 0 aliphatic rings. The minimum atomic E-state index is -2.61. The molecular weight excluding hydrogens is 180 g/mol. The molecule has 2 N–H and O–H groups in total. The molecule has 1 aromatic rings. The number of aryl methyl sites for hydroxylation is 2. The molecule has 0 aliphatic heterocycles. The van der Waals surface area contributed by atoms with E-state index in [1.54, 1.807) is 6.33 Å². The van der Waals surface area contributed by atoms with Crippen LogP contribution in [0.4, 0.5) is 0 Å². The average molecular weight is 190 g/mol. The lowest BCUT2D eigenvalue weighted by atomic mass is 10.4. The van der Waals surface area contributed by atoms with Crippen molar-refractivity contribution in [3.05, 3.63) is 23.8 Å². The van der Waals surface area contributed by atoms with Crippen LogP contribution in [0.15, 0.2) is 12.4 Å². The van der Waals surface area contributed by atoms with Crippen molar-refractivity contribution in [2.24, 2.45) is 0 Å². The molecule has 0 spiro atoms. The molecule has 5 nitrogen and oxygen atoms in total. The summed E-state index contributed by atoms with van der Waals surface area (Å²) < 4.78 is 22.8. The van der Waals surface area contributed by atoms with Crippen LogP contribution < -0.4 is 0 Å². The van der Waals surface area contributed by atoms with Crippen molar-refractivity contribution in [2.75, 3.05) is 0 Å². The van der Waals surface area contributed by atoms with Crippen molar-refractivity contribution in [1.29, 1.82) is 0 Å². The van der Waals surface area contributed by atoms with Gasteiger partial charge in [0.05, 0.1) is 0 Å². The van der Waals surface area contributed by atoms with Gasteiger partial charge in [0, 0.05) is 11.4 Å². The molecule has 0 saturated carbocycles. The maximum absolute atomic E-state index is 8.67. The van der Waals surface area contributed by atoms with Crippen molar-refractivity contribution >= 4 is 11.4 Å². The molecule has 1 heterocycles. The summed E-state index contributed by atoms with van der Waals surface area (Å²) in [6, 6.07) is 1.94. The van der Waals surface area contributed by atoms with Gasteiger partial charge in [-0.2, -0.15) is 4.21 Å². The van der Waals surface area contributed by atoms with Gasteiger partial charge >= 0.3 is 0 Å². The zero-order valence-electron chi connectivity index (χ0n) is 6.76. The van der Waals surface area contributed by atoms with Gasteiger partial charge in [-0.3, -0.25) is 9.11 Å². The Morgan fingerprint density at radius 3 is 1.75 bits per heavy atom.